The summed E-state index contributed by atoms with van der Waals surface area (Å²) in [6.07, 6.45) is 4.64. The Morgan fingerprint density at radius 3 is 2.43 bits per heavy atom. The number of benzene rings is 2. The van der Waals surface area contributed by atoms with E-state index in [0.717, 1.165) is 68.0 Å². The number of fused-ring (bicyclic) bond motifs is 1. The summed E-state index contributed by atoms with van der Waals surface area (Å²) < 4.78 is 5.28. The SMILES string of the molecule is CCCC[C@H](CC)CNC(=O)c1cc(N2CCN(c3ccc(OC)cc3)CC2)nc2ccccc12. The summed E-state index contributed by atoms with van der Waals surface area (Å²) in [5, 5.41) is 4.12. The molecule has 1 atom stereocenters. The molecule has 2 heterocycles. The van der Waals surface area contributed by atoms with Crippen LogP contribution in [0.1, 0.15) is 49.9 Å². The Bertz CT molecular complexity index is 1110. The molecule has 1 aromatic heterocycles. The molecule has 4 rings (SSSR count). The zero-order chi connectivity index (χ0) is 24.6. The number of para-hydroxylation sites is 1. The van der Waals surface area contributed by atoms with E-state index in [1.165, 1.54) is 18.5 Å². The van der Waals surface area contributed by atoms with Gasteiger partial charge in [-0.05, 0) is 48.7 Å². The van der Waals surface area contributed by atoms with Crippen molar-refractivity contribution in [3.05, 3.63) is 60.2 Å². The van der Waals surface area contributed by atoms with Gasteiger partial charge in [0.25, 0.3) is 5.91 Å². The summed E-state index contributed by atoms with van der Waals surface area (Å²) in [6, 6.07) is 18.2. The lowest BCUT2D eigenvalue weighted by Gasteiger charge is -2.37. The molecule has 186 valence electrons. The summed E-state index contributed by atoms with van der Waals surface area (Å²) in [5.41, 5.74) is 2.78. The van der Waals surface area contributed by atoms with Crippen molar-refractivity contribution in [3.8, 4) is 5.75 Å². The standard InChI is InChI=1S/C29H38N4O2/c1-4-6-9-22(5-2)21-30-29(34)26-20-28(31-27-11-8-7-10-25(26)27)33-18-16-32(17-19-33)23-12-14-24(35-3)15-13-23/h7-8,10-15,20,22H,4-6,9,16-19,21H2,1-3H3,(H,30,34)/t22-/m0/s1. The molecule has 2 aromatic carbocycles. The minimum atomic E-state index is -0.00309. The van der Waals surface area contributed by atoms with Crippen molar-refractivity contribution >= 4 is 28.3 Å². The average Bonchev–Trinajstić information content (AvgIpc) is 2.92. The molecule has 0 saturated carbocycles. The van der Waals surface area contributed by atoms with Gasteiger partial charge in [0.1, 0.15) is 11.6 Å². The number of nitrogens with one attached hydrogen (secondary N) is 1. The van der Waals surface area contributed by atoms with E-state index >= 15 is 0 Å². The maximum absolute atomic E-state index is 13.3. The normalized spacial score (nSPS) is 14.7. The summed E-state index contributed by atoms with van der Waals surface area (Å²) >= 11 is 0. The van der Waals surface area contributed by atoms with E-state index in [-0.39, 0.29) is 5.91 Å². The number of aromatic nitrogens is 1. The summed E-state index contributed by atoms with van der Waals surface area (Å²) in [5.74, 6) is 2.27. The van der Waals surface area contributed by atoms with Crippen LogP contribution in [0.15, 0.2) is 54.6 Å². The number of anilines is 2. The number of nitrogens with zero attached hydrogens (tertiary/aromatic N) is 3. The molecule has 0 bridgehead atoms. The summed E-state index contributed by atoms with van der Waals surface area (Å²) in [7, 11) is 1.69. The van der Waals surface area contributed by atoms with Crippen LogP contribution in [0.2, 0.25) is 0 Å². The van der Waals surface area contributed by atoms with Gasteiger partial charge in [0.15, 0.2) is 0 Å². The smallest absolute Gasteiger partial charge is 0.252 e. The minimum Gasteiger partial charge on any atom is -0.497 e. The highest BCUT2D eigenvalue weighted by molar-refractivity contribution is 6.07. The number of rotatable bonds is 10. The molecule has 1 amide bonds. The Balaban J connectivity index is 1.48. The van der Waals surface area contributed by atoms with Gasteiger partial charge in [0, 0.05) is 43.8 Å². The number of piperazine rings is 1. The van der Waals surface area contributed by atoms with Crippen molar-refractivity contribution in [1.82, 2.24) is 10.3 Å². The topological polar surface area (TPSA) is 57.7 Å². The second kappa shape index (κ2) is 11.9. The van der Waals surface area contributed by atoms with Gasteiger partial charge in [-0.15, -0.1) is 0 Å². The first-order valence-electron chi connectivity index (χ1n) is 12.9. The van der Waals surface area contributed by atoms with Gasteiger partial charge < -0.3 is 19.9 Å². The van der Waals surface area contributed by atoms with E-state index < -0.39 is 0 Å². The van der Waals surface area contributed by atoms with Gasteiger partial charge in [-0.3, -0.25) is 4.79 Å². The molecule has 1 aliphatic rings. The summed E-state index contributed by atoms with van der Waals surface area (Å²) in [6.45, 7) is 8.66. The zero-order valence-electron chi connectivity index (χ0n) is 21.3. The lowest BCUT2D eigenvalue weighted by molar-refractivity contribution is 0.0947. The highest BCUT2D eigenvalue weighted by atomic mass is 16.5. The highest BCUT2D eigenvalue weighted by Crippen LogP contribution is 2.26. The molecule has 35 heavy (non-hydrogen) atoms. The lowest BCUT2D eigenvalue weighted by Crippen LogP contribution is -2.47. The van der Waals surface area contributed by atoms with Crippen LogP contribution < -0.4 is 19.9 Å². The molecule has 0 spiro atoms. The Labute approximate surface area is 209 Å². The molecule has 6 heteroatoms. The Kier molecular flexibility index (Phi) is 8.45. The van der Waals surface area contributed by atoms with Gasteiger partial charge in [0.2, 0.25) is 0 Å². The van der Waals surface area contributed by atoms with Gasteiger partial charge in [-0.25, -0.2) is 4.98 Å². The van der Waals surface area contributed by atoms with E-state index in [9.17, 15) is 4.79 Å². The Morgan fingerprint density at radius 1 is 1.03 bits per heavy atom. The van der Waals surface area contributed by atoms with Crippen LogP contribution in [-0.4, -0.2) is 50.7 Å². The van der Waals surface area contributed by atoms with Gasteiger partial charge in [-0.1, -0.05) is 51.3 Å². The molecule has 0 aliphatic carbocycles. The summed E-state index contributed by atoms with van der Waals surface area (Å²) in [4.78, 5) is 22.9. The van der Waals surface area contributed by atoms with E-state index in [1.807, 2.05) is 42.5 Å². The van der Waals surface area contributed by atoms with Gasteiger partial charge >= 0.3 is 0 Å². The van der Waals surface area contributed by atoms with Crippen LogP contribution in [0.5, 0.6) is 5.75 Å². The Hall–Kier alpha value is -3.28. The maximum atomic E-state index is 13.3. The molecule has 1 aliphatic heterocycles. The van der Waals surface area contributed by atoms with E-state index in [0.29, 0.717) is 11.5 Å². The lowest BCUT2D eigenvalue weighted by atomic mass is 9.99. The first-order valence-corrected chi connectivity index (χ1v) is 12.9. The largest absolute Gasteiger partial charge is 0.497 e. The first-order chi connectivity index (χ1) is 17.1. The molecule has 1 fully saturated rings. The third kappa shape index (κ3) is 6.05. The van der Waals surface area contributed by atoms with Crippen LogP contribution in [0.3, 0.4) is 0 Å². The zero-order valence-corrected chi connectivity index (χ0v) is 21.3. The molecule has 1 saturated heterocycles. The quantitative estimate of drug-likeness (QED) is 0.420. The third-order valence-corrected chi connectivity index (χ3v) is 7.08. The number of amides is 1. The number of carbonyl (C=O) groups is 1. The minimum absolute atomic E-state index is 0.00309. The van der Waals surface area contributed by atoms with Crippen molar-refractivity contribution in [1.29, 1.82) is 0 Å². The molecular weight excluding hydrogens is 436 g/mol. The van der Waals surface area contributed by atoms with Crippen LogP contribution in [0.25, 0.3) is 10.9 Å². The number of pyridine rings is 1. The van der Waals surface area contributed by atoms with E-state index in [4.69, 9.17) is 9.72 Å². The second-order valence-electron chi connectivity index (χ2n) is 9.34. The molecule has 3 aromatic rings. The molecule has 0 radical (unpaired) electrons. The second-order valence-corrected chi connectivity index (χ2v) is 9.34. The molecular formula is C29H38N4O2. The number of ether oxygens (including phenoxy) is 1. The van der Waals surface area contributed by atoms with Crippen molar-refractivity contribution < 1.29 is 9.53 Å². The van der Waals surface area contributed by atoms with Crippen LogP contribution >= 0.6 is 0 Å². The van der Waals surface area contributed by atoms with Crippen molar-refractivity contribution in [2.75, 3.05) is 49.6 Å². The predicted molar refractivity (Wildman–Crippen MR) is 145 cm³/mol. The number of hydrogen-bond acceptors (Lipinski definition) is 5. The van der Waals surface area contributed by atoms with Crippen molar-refractivity contribution in [2.45, 2.75) is 39.5 Å². The fourth-order valence-electron chi connectivity index (χ4n) is 4.77. The predicted octanol–water partition coefficient (Wildman–Crippen LogP) is 5.52. The number of hydrogen-bond donors (Lipinski definition) is 1. The van der Waals surface area contributed by atoms with Gasteiger partial charge in [0.05, 0.1) is 18.2 Å². The first kappa shape index (κ1) is 24.8. The fraction of sp³-hybridized carbons (Fsp3) is 0.448. The van der Waals surface area contributed by atoms with Crippen LogP contribution in [-0.2, 0) is 0 Å². The third-order valence-electron chi connectivity index (χ3n) is 7.08. The van der Waals surface area contributed by atoms with Gasteiger partial charge in [-0.2, -0.15) is 0 Å². The molecule has 6 nitrogen and oxygen atoms in total. The van der Waals surface area contributed by atoms with E-state index in [1.54, 1.807) is 7.11 Å². The highest BCUT2D eigenvalue weighted by Gasteiger charge is 2.21. The van der Waals surface area contributed by atoms with Crippen LogP contribution in [0.4, 0.5) is 11.5 Å². The number of methoxy groups -OCH3 is 1. The van der Waals surface area contributed by atoms with Crippen molar-refractivity contribution in [2.24, 2.45) is 5.92 Å². The molecule has 1 N–H and O–H groups in total. The molecule has 0 unspecified atom stereocenters. The Morgan fingerprint density at radius 2 is 1.74 bits per heavy atom. The van der Waals surface area contributed by atoms with E-state index in [2.05, 4.69) is 41.1 Å². The fourth-order valence-corrected chi connectivity index (χ4v) is 4.77. The van der Waals surface area contributed by atoms with Crippen LogP contribution in [0, 0.1) is 5.92 Å². The average molecular weight is 475 g/mol. The number of unbranched alkanes of at least 4 members (excludes halogenated alkanes) is 1. The van der Waals surface area contributed by atoms with Crippen molar-refractivity contribution in [3.63, 3.8) is 0 Å². The monoisotopic (exact) mass is 474 g/mol. The number of carbonyl (C=O) groups excluding carboxylic acids is 1. The maximum Gasteiger partial charge on any atom is 0.252 e.